The van der Waals surface area contributed by atoms with Crippen LogP contribution in [0.2, 0.25) is 10.0 Å². The van der Waals surface area contributed by atoms with E-state index in [0.29, 0.717) is 22.2 Å². The van der Waals surface area contributed by atoms with E-state index in [1.54, 1.807) is 24.3 Å². The SMILES string of the molecule is O=C(COC(=O)[C@H]1CC(=O)N(c2ccc(Oc3ccccc3-c3ccccc3)cc2)C1)c1ccc(Cl)cc1Cl. The van der Waals surface area contributed by atoms with Gasteiger partial charge in [0.25, 0.3) is 0 Å². The molecule has 0 aliphatic carbocycles. The number of carbonyl (C=O) groups excluding carboxylic acids is 3. The zero-order chi connectivity index (χ0) is 27.4. The summed E-state index contributed by atoms with van der Waals surface area (Å²) in [6, 6.07) is 29.3. The fourth-order valence-corrected chi connectivity index (χ4v) is 4.91. The molecule has 0 bridgehead atoms. The maximum atomic E-state index is 12.7. The van der Waals surface area contributed by atoms with E-state index in [1.807, 2.05) is 54.6 Å². The Hall–Kier alpha value is -4.13. The van der Waals surface area contributed by atoms with Gasteiger partial charge >= 0.3 is 5.97 Å². The number of benzene rings is 4. The van der Waals surface area contributed by atoms with Crippen molar-refractivity contribution in [2.45, 2.75) is 6.42 Å². The monoisotopic (exact) mass is 559 g/mol. The summed E-state index contributed by atoms with van der Waals surface area (Å²) < 4.78 is 11.4. The summed E-state index contributed by atoms with van der Waals surface area (Å²) in [7, 11) is 0. The molecule has 8 heteroatoms. The number of halogens is 2. The summed E-state index contributed by atoms with van der Waals surface area (Å²) in [5.41, 5.74) is 2.87. The molecule has 0 spiro atoms. The molecule has 0 unspecified atom stereocenters. The van der Waals surface area contributed by atoms with Crippen molar-refractivity contribution in [3.8, 4) is 22.6 Å². The Bertz CT molecular complexity index is 1520. The zero-order valence-corrected chi connectivity index (χ0v) is 22.2. The number of nitrogens with zero attached hydrogens (tertiary/aromatic N) is 1. The quantitative estimate of drug-likeness (QED) is 0.168. The minimum atomic E-state index is -0.681. The third-order valence-corrected chi connectivity index (χ3v) is 6.93. The molecule has 5 rings (SSSR count). The lowest BCUT2D eigenvalue weighted by Crippen LogP contribution is -2.27. The van der Waals surface area contributed by atoms with E-state index in [-0.39, 0.29) is 29.5 Å². The van der Waals surface area contributed by atoms with Crippen LogP contribution >= 0.6 is 23.2 Å². The van der Waals surface area contributed by atoms with Crippen molar-refractivity contribution in [3.63, 3.8) is 0 Å². The van der Waals surface area contributed by atoms with Crippen molar-refractivity contribution in [2.24, 2.45) is 5.92 Å². The Labute approximate surface area is 235 Å². The van der Waals surface area contributed by atoms with Crippen LogP contribution in [-0.2, 0) is 14.3 Å². The number of amides is 1. The number of hydrogen-bond donors (Lipinski definition) is 0. The van der Waals surface area contributed by atoms with Crippen molar-refractivity contribution in [1.29, 1.82) is 0 Å². The van der Waals surface area contributed by atoms with Gasteiger partial charge in [0.15, 0.2) is 6.61 Å². The normalized spacial score (nSPS) is 14.8. The van der Waals surface area contributed by atoms with Crippen LogP contribution in [0, 0.1) is 5.92 Å². The molecule has 0 radical (unpaired) electrons. The first-order chi connectivity index (χ1) is 18.9. The molecule has 1 aliphatic heterocycles. The molecule has 1 heterocycles. The van der Waals surface area contributed by atoms with Crippen molar-refractivity contribution in [1.82, 2.24) is 0 Å². The number of ether oxygens (including phenoxy) is 2. The molecule has 196 valence electrons. The summed E-state index contributed by atoms with van der Waals surface area (Å²) in [6.45, 7) is -0.314. The smallest absolute Gasteiger partial charge is 0.311 e. The standard InChI is InChI=1S/C31H23Cl2NO5/c32-22-10-15-26(27(33)17-22)28(35)19-38-31(37)21-16-30(36)34(18-21)23-11-13-24(14-12-23)39-29-9-5-4-8-25(29)20-6-2-1-3-7-20/h1-15,17,21H,16,18-19H2/t21-/m0/s1. The van der Waals surface area contributed by atoms with Gasteiger partial charge in [0, 0.05) is 34.8 Å². The van der Waals surface area contributed by atoms with Crippen molar-refractivity contribution in [2.75, 3.05) is 18.1 Å². The van der Waals surface area contributed by atoms with Gasteiger partial charge in [-0.2, -0.15) is 0 Å². The molecule has 39 heavy (non-hydrogen) atoms. The highest BCUT2D eigenvalue weighted by Gasteiger charge is 2.36. The van der Waals surface area contributed by atoms with Gasteiger partial charge in [-0.3, -0.25) is 14.4 Å². The van der Waals surface area contributed by atoms with Crippen molar-refractivity contribution < 1.29 is 23.9 Å². The maximum Gasteiger partial charge on any atom is 0.311 e. The van der Waals surface area contributed by atoms with Crippen molar-refractivity contribution >= 4 is 46.5 Å². The molecule has 4 aromatic carbocycles. The number of hydrogen-bond acceptors (Lipinski definition) is 5. The number of para-hydroxylation sites is 1. The lowest BCUT2D eigenvalue weighted by atomic mass is 10.0. The molecule has 1 fully saturated rings. The van der Waals surface area contributed by atoms with Gasteiger partial charge < -0.3 is 14.4 Å². The second-order valence-electron chi connectivity index (χ2n) is 9.02. The van der Waals surface area contributed by atoms with Crippen LogP contribution in [0.15, 0.2) is 97.1 Å². The number of rotatable bonds is 8. The molecule has 1 saturated heterocycles. The average molecular weight is 560 g/mol. The third kappa shape index (κ3) is 6.14. The van der Waals surface area contributed by atoms with Crippen molar-refractivity contribution in [3.05, 3.63) is 113 Å². The van der Waals surface area contributed by atoms with Crippen LogP contribution < -0.4 is 9.64 Å². The van der Waals surface area contributed by atoms with Gasteiger partial charge in [0.1, 0.15) is 11.5 Å². The molecule has 6 nitrogen and oxygen atoms in total. The minimum Gasteiger partial charge on any atom is -0.457 e. The first-order valence-corrected chi connectivity index (χ1v) is 13.0. The Balaban J connectivity index is 1.20. The zero-order valence-electron chi connectivity index (χ0n) is 20.7. The van der Waals surface area contributed by atoms with Crippen LogP contribution in [-0.4, -0.2) is 30.8 Å². The average Bonchev–Trinajstić information content (AvgIpc) is 3.34. The summed E-state index contributed by atoms with van der Waals surface area (Å²) in [4.78, 5) is 39.3. The highest BCUT2D eigenvalue weighted by molar-refractivity contribution is 6.36. The number of ketones is 1. The first-order valence-electron chi connectivity index (χ1n) is 12.3. The maximum absolute atomic E-state index is 12.7. The number of anilines is 1. The highest BCUT2D eigenvalue weighted by atomic mass is 35.5. The van der Waals surface area contributed by atoms with Crippen LogP contribution in [0.1, 0.15) is 16.8 Å². The van der Waals surface area contributed by atoms with Gasteiger partial charge in [0.2, 0.25) is 11.7 Å². The van der Waals surface area contributed by atoms with Crippen LogP contribution in [0.5, 0.6) is 11.5 Å². The largest absolute Gasteiger partial charge is 0.457 e. The van der Waals surface area contributed by atoms with Crippen LogP contribution in [0.4, 0.5) is 5.69 Å². The van der Waals surface area contributed by atoms with Gasteiger partial charge in [0.05, 0.1) is 10.9 Å². The van der Waals surface area contributed by atoms with E-state index in [2.05, 4.69) is 0 Å². The van der Waals surface area contributed by atoms with Crippen LogP contribution in [0.25, 0.3) is 11.1 Å². The van der Waals surface area contributed by atoms with Gasteiger partial charge in [-0.05, 0) is 54.1 Å². The molecule has 0 aromatic heterocycles. The molecule has 1 amide bonds. The molecule has 4 aromatic rings. The Morgan fingerprint density at radius 3 is 2.33 bits per heavy atom. The molecular weight excluding hydrogens is 537 g/mol. The topological polar surface area (TPSA) is 72.9 Å². The van der Waals surface area contributed by atoms with E-state index < -0.39 is 24.3 Å². The molecule has 0 N–H and O–H groups in total. The highest BCUT2D eigenvalue weighted by Crippen LogP contribution is 2.34. The second-order valence-corrected chi connectivity index (χ2v) is 9.86. The Morgan fingerprint density at radius 2 is 1.59 bits per heavy atom. The fourth-order valence-electron chi connectivity index (χ4n) is 4.40. The van der Waals surface area contributed by atoms with E-state index in [0.717, 1.165) is 11.1 Å². The molecule has 1 atom stereocenters. The van der Waals surface area contributed by atoms with E-state index in [4.69, 9.17) is 32.7 Å². The summed E-state index contributed by atoms with van der Waals surface area (Å²) >= 11 is 11.9. The van der Waals surface area contributed by atoms with Gasteiger partial charge in [-0.1, -0.05) is 71.7 Å². The first kappa shape index (κ1) is 26.5. The van der Waals surface area contributed by atoms with E-state index in [9.17, 15) is 14.4 Å². The number of Topliss-reactive ketones (excluding diaryl/α,β-unsaturated/α-hetero) is 1. The van der Waals surface area contributed by atoms with E-state index >= 15 is 0 Å². The lowest BCUT2D eigenvalue weighted by Gasteiger charge is -2.17. The van der Waals surface area contributed by atoms with Gasteiger partial charge in [-0.25, -0.2) is 0 Å². The molecule has 1 aliphatic rings. The van der Waals surface area contributed by atoms with E-state index in [1.165, 1.54) is 23.1 Å². The predicted molar refractivity (Wildman–Crippen MR) is 151 cm³/mol. The summed E-state index contributed by atoms with van der Waals surface area (Å²) in [5, 5.41) is 0.580. The summed E-state index contributed by atoms with van der Waals surface area (Å²) in [5.74, 6) is -0.612. The number of carbonyl (C=O) groups is 3. The second kappa shape index (κ2) is 11.7. The third-order valence-electron chi connectivity index (χ3n) is 6.38. The van der Waals surface area contributed by atoms with Gasteiger partial charge in [-0.15, -0.1) is 0 Å². The Morgan fingerprint density at radius 1 is 0.872 bits per heavy atom. The predicted octanol–water partition coefficient (Wildman–Crippen LogP) is 7.23. The molecule has 0 saturated carbocycles. The van der Waals surface area contributed by atoms with Crippen LogP contribution in [0.3, 0.4) is 0 Å². The molecular formula is C31H23Cl2NO5. The fraction of sp³-hybridized carbons (Fsp3) is 0.129. The summed E-state index contributed by atoms with van der Waals surface area (Å²) in [6.07, 6.45) is -0.00255. The number of esters is 1. The lowest BCUT2D eigenvalue weighted by molar-refractivity contribution is -0.147. The Kier molecular flexibility index (Phi) is 7.96. The minimum absolute atomic E-state index is 0.00255.